The average Bonchev–Trinajstić information content (AvgIpc) is 3.06. The van der Waals surface area contributed by atoms with Crippen LogP contribution in [0.3, 0.4) is 0 Å². The molecule has 2 aliphatic heterocycles. The molecule has 0 spiro atoms. The molecule has 2 aromatic rings. The number of likely N-dealkylation sites (tertiary alicyclic amines) is 1. The molecule has 130 valence electrons. The van der Waals surface area contributed by atoms with Crippen molar-refractivity contribution >= 4 is 17.5 Å². The number of carbonyl (C=O) groups excluding carboxylic acids is 2. The van der Waals surface area contributed by atoms with Gasteiger partial charge in [-0.25, -0.2) is 0 Å². The first-order chi connectivity index (χ1) is 12.1. The lowest BCUT2D eigenvalue weighted by Gasteiger charge is -2.32. The molecule has 25 heavy (non-hydrogen) atoms. The van der Waals surface area contributed by atoms with E-state index < -0.39 is 0 Å². The maximum atomic E-state index is 12.9. The van der Waals surface area contributed by atoms with Crippen molar-refractivity contribution in [3.05, 3.63) is 41.2 Å². The second-order valence-corrected chi connectivity index (χ2v) is 6.54. The minimum Gasteiger partial charge on any atom is -0.481 e. The number of aromatic nitrogens is 2. The molecule has 0 radical (unpaired) electrons. The Bertz CT molecular complexity index is 821. The van der Waals surface area contributed by atoms with Crippen molar-refractivity contribution in [3.63, 3.8) is 0 Å². The number of aromatic amines is 1. The van der Waals surface area contributed by atoms with Gasteiger partial charge in [-0.05, 0) is 43.4 Å². The summed E-state index contributed by atoms with van der Waals surface area (Å²) in [6, 6.07) is 5.27. The SMILES string of the molecule is Cc1[nH]ncc1C1CCN(C(=O)c2cccc3c2OCC(=O)N3)CC1. The summed E-state index contributed by atoms with van der Waals surface area (Å²) in [5.41, 5.74) is 3.42. The number of hydrogen-bond donors (Lipinski definition) is 2. The number of para-hydroxylation sites is 1. The Morgan fingerprint density at radius 1 is 1.32 bits per heavy atom. The van der Waals surface area contributed by atoms with Gasteiger partial charge in [-0.15, -0.1) is 0 Å². The first kappa shape index (κ1) is 15.7. The second kappa shape index (κ2) is 6.23. The van der Waals surface area contributed by atoms with Gasteiger partial charge in [0, 0.05) is 18.8 Å². The zero-order valence-corrected chi connectivity index (χ0v) is 14.0. The quantitative estimate of drug-likeness (QED) is 0.876. The molecule has 7 nitrogen and oxygen atoms in total. The lowest BCUT2D eigenvalue weighted by atomic mass is 9.89. The number of H-pyrrole nitrogens is 1. The summed E-state index contributed by atoms with van der Waals surface area (Å²) < 4.78 is 5.50. The van der Waals surface area contributed by atoms with Crippen molar-refractivity contribution in [2.75, 3.05) is 25.0 Å². The molecule has 0 aliphatic carbocycles. The highest BCUT2D eigenvalue weighted by molar-refractivity contribution is 6.03. The lowest BCUT2D eigenvalue weighted by Crippen LogP contribution is -2.38. The molecule has 4 rings (SSSR count). The van der Waals surface area contributed by atoms with E-state index in [1.54, 1.807) is 18.2 Å². The van der Waals surface area contributed by atoms with E-state index in [1.165, 1.54) is 5.56 Å². The highest BCUT2D eigenvalue weighted by Gasteiger charge is 2.29. The number of benzene rings is 1. The van der Waals surface area contributed by atoms with E-state index in [0.717, 1.165) is 18.5 Å². The third kappa shape index (κ3) is 2.86. The topological polar surface area (TPSA) is 87.3 Å². The van der Waals surface area contributed by atoms with Gasteiger partial charge in [-0.2, -0.15) is 5.10 Å². The number of amides is 2. The number of aryl methyl sites for hydroxylation is 1. The summed E-state index contributed by atoms with van der Waals surface area (Å²) in [4.78, 5) is 26.2. The van der Waals surface area contributed by atoms with E-state index in [-0.39, 0.29) is 18.4 Å². The molecule has 1 aromatic heterocycles. The Morgan fingerprint density at radius 2 is 2.12 bits per heavy atom. The van der Waals surface area contributed by atoms with Crippen LogP contribution in [0.1, 0.15) is 40.4 Å². The fourth-order valence-corrected chi connectivity index (χ4v) is 3.62. The predicted molar refractivity (Wildman–Crippen MR) is 91.8 cm³/mol. The molecule has 2 N–H and O–H groups in total. The molecule has 7 heteroatoms. The third-order valence-electron chi connectivity index (χ3n) is 4.96. The van der Waals surface area contributed by atoms with Gasteiger partial charge in [0.2, 0.25) is 0 Å². The van der Waals surface area contributed by atoms with Crippen molar-refractivity contribution in [1.29, 1.82) is 0 Å². The lowest BCUT2D eigenvalue weighted by molar-refractivity contribution is -0.118. The Hall–Kier alpha value is -2.83. The number of nitrogens with zero attached hydrogens (tertiary/aromatic N) is 2. The number of ether oxygens (including phenoxy) is 1. The van der Waals surface area contributed by atoms with Crippen LogP contribution in [-0.2, 0) is 4.79 Å². The third-order valence-corrected chi connectivity index (χ3v) is 4.96. The highest BCUT2D eigenvalue weighted by atomic mass is 16.5. The molecule has 1 saturated heterocycles. The second-order valence-electron chi connectivity index (χ2n) is 6.54. The molecule has 1 aromatic carbocycles. The van der Waals surface area contributed by atoms with Crippen molar-refractivity contribution in [3.8, 4) is 5.75 Å². The Labute approximate surface area is 145 Å². The maximum absolute atomic E-state index is 12.9. The van der Waals surface area contributed by atoms with Crippen LogP contribution in [0.15, 0.2) is 24.4 Å². The van der Waals surface area contributed by atoms with Crippen molar-refractivity contribution in [2.24, 2.45) is 0 Å². The molecule has 1 fully saturated rings. The smallest absolute Gasteiger partial charge is 0.262 e. The van der Waals surface area contributed by atoms with Gasteiger partial charge in [0.05, 0.1) is 17.4 Å². The van der Waals surface area contributed by atoms with Gasteiger partial charge in [0.15, 0.2) is 12.4 Å². The number of nitrogens with one attached hydrogen (secondary N) is 2. The predicted octanol–water partition coefficient (Wildman–Crippen LogP) is 2.07. The van der Waals surface area contributed by atoms with Crippen molar-refractivity contribution in [1.82, 2.24) is 15.1 Å². The van der Waals surface area contributed by atoms with Crippen LogP contribution in [-0.4, -0.2) is 46.6 Å². The van der Waals surface area contributed by atoms with Gasteiger partial charge in [-0.3, -0.25) is 14.7 Å². The van der Waals surface area contributed by atoms with E-state index in [2.05, 4.69) is 15.5 Å². The van der Waals surface area contributed by atoms with E-state index in [0.29, 0.717) is 36.0 Å². The van der Waals surface area contributed by atoms with E-state index >= 15 is 0 Å². The standard InChI is InChI=1S/C18H20N4O3/c1-11-14(9-19-21-11)12-5-7-22(8-6-12)18(24)13-3-2-4-15-17(13)25-10-16(23)20-15/h2-4,9,12H,5-8,10H2,1H3,(H,19,21)(H,20,23). The molecule has 2 amide bonds. The van der Waals surface area contributed by atoms with Gasteiger partial charge >= 0.3 is 0 Å². The average molecular weight is 340 g/mol. The minimum atomic E-state index is -0.201. The van der Waals surface area contributed by atoms with E-state index in [4.69, 9.17) is 4.74 Å². The summed E-state index contributed by atoms with van der Waals surface area (Å²) in [5.74, 6) is 0.659. The molecule has 3 heterocycles. The van der Waals surface area contributed by atoms with Crippen molar-refractivity contribution in [2.45, 2.75) is 25.7 Å². The van der Waals surface area contributed by atoms with Crippen LogP contribution in [0, 0.1) is 6.92 Å². The van der Waals surface area contributed by atoms with Crippen LogP contribution in [0.25, 0.3) is 0 Å². The Morgan fingerprint density at radius 3 is 2.84 bits per heavy atom. The van der Waals surface area contributed by atoms with Crippen LogP contribution < -0.4 is 10.1 Å². The molecular formula is C18H20N4O3. The molecule has 2 aliphatic rings. The minimum absolute atomic E-state index is 0.0460. The fourth-order valence-electron chi connectivity index (χ4n) is 3.62. The summed E-state index contributed by atoms with van der Waals surface area (Å²) in [5, 5.41) is 9.82. The maximum Gasteiger partial charge on any atom is 0.262 e. The molecule has 0 atom stereocenters. The number of hydrogen-bond acceptors (Lipinski definition) is 4. The van der Waals surface area contributed by atoms with Gasteiger partial charge in [0.1, 0.15) is 0 Å². The van der Waals surface area contributed by atoms with E-state index in [1.807, 2.05) is 18.0 Å². The van der Waals surface area contributed by atoms with Crippen LogP contribution in [0.2, 0.25) is 0 Å². The van der Waals surface area contributed by atoms with Crippen LogP contribution >= 0.6 is 0 Å². The summed E-state index contributed by atoms with van der Waals surface area (Å²) in [7, 11) is 0. The number of piperidine rings is 1. The Kier molecular flexibility index (Phi) is 3.91. The molecule has 0 unspecified atom stereocenters. The van der Waals surface area contributed by atoms with Crippen LogP contribution in [0.5, 0.6) is 5.75 Å². The number of carbonyl (C=O) groups is 2. The van der Waals surface area contributed by atoms with Gasteiger partial charge in [-0.1, -0.05) is 6.07 Å². The molecule has 0 bridgehead atoms. The number of anilines is 1. The first-order valence-corrected chi connectivity index (χ1v) is 8.48. The zero-order valence-electron chi connectivity index (χ0n) is 14.0. The normalized spacial score (nSPS) is 17.6. The van der Waals surface area contributed by atoms with Gasteiger partial charge in [0.25, 0.3) is 11.8 Å². The van der Waals surface area contributed by atoms with E-state index in [9.17, 15) is 9.59 Å². The van der Waals surface area contributed by atoms with Gasteiger partial charge < -0.3 is 15.0 Å². The fraction of sp³-hybridized carbons (Fsp3) is 0.389. The van der Waals surface area contributed by atoms with Crippen LogP contribution in [0.4, 0.5) is 5.69 Å². The largest absolute Gasteiger partial charge is 0.481 e. The number of fused-ring (bicyclic) bond motifs is 1. The molecular weight excluding hydrogens is 320 g/mol. The number of rotatable bonds is 2. The summed E-state index contributed by atoms with van der Waals surface area (Å²) in [6.07, 6.45) is 3.72. The monoisotopic (exact) mass is 340 g/mol. The summed E-state index contributed by atoms with van der Waals surface area (Å²) in [6.45, 7) is 3.37. The highest BCUT2D eigenvalue weighted by Crippen LogP contribution is 2.34. The molecule has 0 saturated carbocycles. The zero-order chi connectivity index (χ0) is 17.4. The van der Waals surface area contributed by atoms with Crippen molar-refractivity contribution < 1.29 is 14.3 Å². The summed E-state index contributed by atoms with van der Waals surface area (Å²) >= 11 is 0. The first-order valence-electron chi connectivity index (χ1n) is 8.48. The Balaban J connectivity index is 1.49.